The molecule has 0 amide bonds. The number of hydrogen-bond acceptors (Lipinski definition) is 3. The summed E-state index contributed by atoms with van der Waals surface area (Å²) in [6.07, 6.45) is 1.67. The van der Waals surface area contributed by atoms with E-state index in [1.807, 2.05) is 30.3 Å². The van der Waals surface area contributed by atoms with Crippen LogP contribution in [-0.2, 0) is 6.54 Å². The number of aliphatic imine (C=N–C) groups is 1. The Labute approximate surface area is 145 Å². The smallest absolute Gasteiger partial charge is 0.193 e. The summed E-state index contributed by atoms with van der Waals surface area (Å²) in [6, 6.07) is 11.0. The summed E-state index contributed by atoms with van der Waals surface area (Å²) in [7, 11) is 1.62. The lowest BCUT2D eigenvalue weighted by Crippen LogP contribution is -2.22. The van der Waals surface area contributed by atoms with E-state index in [-0.39, 0.29) is 24.0 Å². The number of pyridine rings is 1. The van der Waals surface area contributed by atoms with Crippen molar-refractivity contribution in [3.63, 3.8) is 0 Å². The second kappa shape index (κ2) is 8.68. The standard InChI is InChI=1S/C14H15ClN4O.HI/c1-20-12-5-3-11(4-6-12)19-14(16)18-9-10-2-7-13(15)17-8-10;/h2-8H,9H2,1H3,(H3,16,18,19);1H. The molecule has 21 heavy (non-hydrogen) atoms. The Morgan fingerprint density at radius 2 is 2.00 bits per heavy atom. The number of ether oxygens (including phenoxy) is 1. The molecule has 0 saturated heterocycles. The van der Waals surface area contributed by atoms with Gasteiger partial charge in [-0.1, -0.05) is 17.7 Å². The van der Waals surface area contributed by atoms with Crippen LogP contribution in [0.15, 0.2) is 47.6 Å². The van der Waals surface area contributed by atoms with Crippen LogP contribution in [0.5, 0.6) is 5.75 Å². The van der Waals surface area contributed by atoms with Crippen molar-refractivity contribution in [3.8, 4) is 5.75 Å². The Bertz CT molecular complexity index is 587. The average Bonchev–Trinajstić information content (AvgIpc) is 2.47. The lowest BCUT2D eigenvalue weighted by Gasteiger charge is -2.06. The van der Waals surface area contributed by atoms with Crippen molar-refractivity contribution >= 4 is 47.2 Å². The number of nitrogens with zero attached hydrogens (tertiary/aromatic N) is 2. The SMILES string of the molecule is COc1ccc(NC(N)=NCc2ccc(Cl)nc2)cc1.I. The van der Waals surface area contributed by atoms with Gasteiger partial charge < -0.3 is 15.8 Å². The van der Waals surface area contributed by atoms with Crippen LogP contribution in [0.2, 0.25) is 5.15 Å². The molecule has 0 aliphatic rings. The molecule has 1 aromatic carbocycles. The molecule has 0 aliphatic carbocycles. The highest BCUT2D eigenvalue weighted by Gasteiger charge is 1.97. The highest BCUT2D eigenvalue weighted by molar-refractivity contribution is 14.0. The van der Waals surface area contributed by atoms with Crippen molar-refractivity contribution < 1.29 is 4.74 Å². The number of methoxy groups -OCH3 is 1. The van der Waals surface area contributed by atoms with E-state index in [1.54, 1.807) is 19.4 Å². The molecule has 2 rings (SSSR count). The highest BCUT2D eigenvalue weighted by Crippen LogP contribution is 2.14. The Morgan fingerprint density at radius 1 is 1.29 bits per heavy atom. The summed E-state index contributed by atoms with van der Waals surface area (Å²) in [6.45, 7) is 0.444. The number of nitrogens with two attached hydrogens (primary N) is 1. The molecule has 7 heteroatoms. The molecule has 0 atom stereocenters. The van der Waals surface area contributed by atoms with Gasteiger partial charge in [-0.2, -0.15) is 0 Å². The zero-order valence-corrected chi connectivity index (χ0v) is 14.5. The fraction of sp³-hybridized carbons (Fsp3) is 0.143. The zero-order chi connectivity index (χ0) is 14.4. The highest BCUT2D eigenvalue weighted by atomic mass is 127. The van der Waals surface area contributed by atoms with Crippen molar-refractivity contribution in [1.29, 1.82) is 0 Å². The van der Waals surface area contributed by atoms with Gasteiger partial charge in [0.1, 0.15) is 10.9 Å². The molecule has 0 unspecified atom stereocenters. The minimum Gasteiger partial charge on any atom is -0.497 e. The van der Waals surface area contributed by atoms with Gasteiger partial charge in [0.25, 0.3) is 0 Å². The van der Waals surface area contributed by atoms with Gasteiger partial charge in [0.2, 0.25) is 0 Å². The number of halogens is 2. The fourth-order valence-corrected chi connectivity index (χ4v) is 1.65. The maximum atomic E-state index is 5.82. The molecule has 0 fully saturated rings. The number of guanidine groups is 1. The number of anilines is 1. The number of hydrogen-bond donors (Lipinski definition) is 2. The quantitative estimate of drug-likeness (QED) is 0.346. The van der Waals surface area contributed by atoms with E-state index in [4.69, 9.17) is 22.1 Å². The lowest BCUT2D eigenvalue weighted by atomic mass is 10.3. The van der Waals surface area contributed by atoms with Gasteiger partial charge in [0, 0.05) is 11.9 Å². The van der Waals surface area contributed by atoms with Crippen molar-refractivity contribution in [2.75, 3.05) is 12.4 Å². The Kier molecular flexibility index (Phi) is 7.24. The molecule has 0 aliphatic heterocycles. The number of benzene rings is 1. The van der Waals surface area contributed by atoms with Gasteiger partial charge in [-0.3, -0.25) is 0 Å². The van der Waals surface area contributed by atoms with Crippen LogP contribution >= 0.6 is 35.6 Å². The topological polar surface area (TPSA) is 72.5 Å². The number of nitrogens with one attached hydrogen (secondary N) is 1. The maximum Gasteiger partial charge on any atom is 0.193 e. The predicted octanol–water partition coefficient (Wildman–Crippen LogP) is 3.29. The summed E-state index contributed by atoms with van der Waals surface area (Å²) >= 11 is 5.71. The van der Waals surface area contributed by atoms with Gasteiger partial charge in [-0.15, -0.1) is 24.0 Å². The van der Waals surface area contributed by atoms with Crippen LogP contribution in [-0.4, -0.2) is 18.1 Å². The number of rotatable bonds is 4. The van der Waals surface area contributed by atoms with E-state index in [9.17, 15) is 0 Å². The van der Waals surface area contributed by atoms with E-state index >= 15 is 0 Å². The minimum atomic E-state index is 0. The van der Waals surface area contributed by atoms with Crippen molar-refractivity contribution in [2.45, 2.75) is 6.54 Å². The van der Waals surface area contributed by atoms with Gasteiger partial charge in [-0.25, -0.2) is 9.98 Å². The van der Waals surface area contributed by atoms with E-state index in [0.29, 0.717) is 17.7 Å². The maximum absolute atomic E-state index is 5.82. The van der Waals surface area contributed by atoms with Gasteiger partial charge in [-0.05, 0) is 35.9 Å². The largest absolute Gasteiger partial charge is 0.497 e. The molecule has 1 heterocycles. The molecule has 5 nitrogen and oxygen atoms in total. The first-order chi connectivity index (χ1) is 9.67. The number of aromatic nitrogens is 1. The van der Waals surface area contributed by atoms with Crippen LogP contribution in [0.3, 0.4) is 0 Å². The van der Waals surface area contributed by atoms with Gasteiger partial charge in [0.05, 0.1) is 13.7 Å². The van der Waals surface area contributed by atoms with Crippen LogP contribution in [0.25, 0.3) is 0 Å². The Hall–Kier alpha value is -1.54. The molecule has 112 valence electrons. The first-order valence-corrected chi connectivity index (χ1v) is 6.36. The Morgan fingerprint density at radius 3 is 2.57 bits per heavy atom. The molecule has 0 bridgehead atoms. The van der Waals surface area contributed by atoms with Crippen LogP contribution in [0.4, 0.5) is 5.69 Å². The molecular formula is C14H16ClIN4O. The van der Waals surface area contributed by atoms with Crippen molar-refractivity contribution in [1.82, 2.24) is 4.98 Å². The first kappa shape index (κ1) is 17.5. The van der Waals surface area contributed by atoms with Crippen LogP contribution < -0.4 is 15.8 Å². The van der Waals surface area contributed by atoms with Crippen LogP contribution in [0, 0.1) is 0 Å². The lowest BCUT2D eigenvalue weighted by molar-refractivity contribution is 0.415. The Balaban J connectivity index is 0.00000220. The van der Waals surface area contributed by atoms with Crippen molar-refractivity contribution in [2.24, 2.45) is 10.7 Å². The zero-order valence-electron chi connectivity index (χ0n) is 11.4. The molecule has 0 spiro atoms. The van der Waals surface area contributed by atoms with E-state index in [0.717, 1.165) is 17.0 Å². The summed E-state index contributed by atoms with van der Waals surface area (Å²) in [5.41, 5.74) is 7.60. The normalized spacial score (nSPS) is 10.7. The third-order valence-corrected chi connectivity index (χ3v) is 2.81. The van der Waals surface area contributed by atoms with Crippen molar-refractivity contribution in [3.05, 3.63) is 53.3 Å². The minimum absolute atomic E-state index is 0. The van der Waals surface area contributed by atoms with Gasteiger partial charge >= 0.3 is 0 Å². The van der Waals surface area contributed by atoms with Gasteiger partial charge in [0.15, 0.2) is 5.96 Å². The average molecular weight is 419 g/mol. The molecule has 0 saturated carbocycles. The fourth-order valence-electron chi connectivity index (χ4n) is 1.54. The van der Waals surface area contributed by atoms with Crippen LogP contribution in [0.1, 0.15) is 5.56 Å². The monoisotopic (exact) mass is 418 g/mol. The third-order valence-electron chi connectivity index (χ3n) is 2.58. The third kappa shape index (κ3) is 5.76. The predicted molar refractivity (Wildman–Crippen MR) is 96.6 cm³/mol. The first-order valence-electron chi connectivity index (χ1n) is 5.99. The summed E-state index contributed by atoms with van der Waals surface area (Å²) < 4.78 is 5.08. The van der Waals surface area contributed by atoms with E-state index in [2.05, 4.69) is 15.3 Å². The molecular weight excluding hydrogens is 403 g/mol. The molecule has 3 N–H and O–H groups in total. The molecule has 1 aromatic heterocycles. The summed E-state index contributed by atoms with van der Waals surface area (Å²) in [5.74, 6) is 1.13. The summed E-state index contributed by atoms with van der Waals surface area (Å²) in [4.78, 5) is 8.21. The second-order valence-corrected chi connectivity index (χ2v) is 4.43. The van der Waals surface area contributed by atoms with E-state index in [1.165, 1.54) is 0 Å². The molecule has 2 aromatic rings. The summed E-state index contributed by atoms with van der Waals surface area (Å²) in [5, 5.41) is 3.46. The molecule has 0 radical (unpaired) electrons. The van der Waals surface area contributed by atoms with E-state index < -0.39 is 0 Å². The second-order valence-electron chi connectivity index (χ2n) is 4.04.